The first kappa shape index (κ1) is 21.4. The van der Waals surface area contributed by atoms with E-state index in [2.05, 4.69) is 46.0 Å². The molecule has 170 valence electrons. The zero-order chi connectivity index (χ0) is 22.8. The Morgan fingerprint density at radius 3 is 2.85 bits per heavy atom. The molecule has 0 atom stereocenters. The molecule has 5 rings (SSSR count). The third kappa shape index (κ3) is 4.82. The van der Waals surface area contributed by atoms with Crippen LogP contribution in [0.5, 0.6) is 0 Å². The van der Waals surface area contributed by atoms with Crippen LogP contribution in [0.1, 0.15) is 48.0 Å². The number of fused-ring (bicyclic) bond motifs is 1. The molecule has 2 aromatic carbocycles. The van der Waals surface area contributed by atoms with Crippen LogP contribution in [0.4, 0.5) is 5.82 Å². The van der Waals surface area contributed by atoms with Gasteiger partial charge in [-0.3, -0.25) is 9.59 Å². The lowest BCUT2D eigenvalue weighted by atomic mass is 9.96. The minimum atomic E-state index is -0.00692. The second-order valence-corrected chi connectivity index (χ2v) is 9.04. The Morgan fingerprint density at radius 2 is 2.06 bits per heavy atom. The van der Waals surface area contributed by atoms with Gasteiger partial charge in [0.1, 0.15) is 0 Å². The molecule has 0 radical (unpaired) electrons. The van der Waals surface area contributed by atoms with E-state index in [4.69, 9.17) is 0 Å². The molecule has 2 amide bonds. The zero-order valence-electron chi connectivity index (χ0n) is 18.9. The van der Waals surface area contributed by atoms with Crippen LogP contribution >= 0.6 is 0 Å². The second kappa shape index (κ2) is 9.17. The standard InChI is InChI=1S/C26H29N5O2/c1-17-5-6-19(26(33)29-21-8-9-21)15-23(17)18-7-10-22-20(14-18)16-28-30-25(22)27-11-3-13-31-12-2-4-24(31)32/h5-7,10,14-16,21H,2-4,8-9,11-13H2,1H3,(H,27,30)(H,29,33). The number of nitrogens with zero attached hydrogens (tertiary/aromatic N) is 3. The van der Waals surface area contributed by atoms with Crippen molar-refractivity contribution in [3.63, 3.8) is 0 Å². The first-order chi connectivity index (χ1) is 16.1. The number of hydrogen-bond acceptors (Lipinski definition) is 5. The largest absolute Gasteiger partial charge is 0.368 e. The Hall–Kier alpha value is -3.48. The fourth-order valence-electron chi connectivity index (χ4n) is 4.37. The summed E-state index contributed by atoms with van der Waals surface area (Å²) in [7, 11) is 0. The Balaban J connectivity index is 1.31. The van der Waals surface area contributed by atoms with Crippen LogP contribution in [0.25, 0.3) is 21.9 Å². The van der Waals surface area contributed by atoms with Crippen molar-refractivity contribution < 1.29 is 9.59 Å². The quantitative estimate of drug-likeness (QED) is 0.515. The number of aryl methyl sites for hydroxylation is 1. The number of anilines is 1. The van der Waals surface area contributed by atoms with Crippen molar-refractivity contribution >= 4 is 28.4 Å². The van der Waals surface area contributed by atoms with Gasteiger partial charge in [0, 0.05) is 48.4 Å². The maximum Gasteiger partial charge on any atom is 0.251 e. The van der Waals surface area contributed by atoms with Crippen LogP contribution in [0.3, 0.4) is 0 Å². The van der Waals surface area contributed by atoms with Gasteiger partial charge in [0.15, 0.2) is 5.82 Å². The monoisotopic (exact) mass is 443 g/mol. The SMILES string of the molecule is Cc1ccc(C(=O)NC2CC2)cc1-c1ccc2c(NCCCN3CCCC3=O)nncc2c1. The summed E-state index contributed by atoms with van der Waals surface area (Å²) >= 11 is 0. The normalized spacial score (nSPS) is 15.8. The summed E-state index contributed by atoms with van der Waals surface area (Å²) in [6.07, 6.45) is 6.43. The summed E-state index contributed by atoms with van der Waals surface area (Å²) in [6, 6.07) is 12.4. The summed E-state index contributed by atoms with van der Waals surface area (Å²) in [5, 5.41) is 16.9. The van der Waals surface area contributed by atoms with Crippen molar-refractivity contribution in [1.82, 2.24) is 20.4 Å². The van der Waals surface area contributed by atoms with Gasteiger partial charge in [-0.05, 0) is 73.6 Å². The predicted octanol–water partition coefficient (Wildman–Crippen LogP) is 3.92. The molecule has 1 aliphatic carbocycles. The molecule has 2 fully saturated rings. The van der Waals surface area contributed by atoms with Crippen molar-refractivity contribution in [2.75, 3.05) is 25.0 Å². The molecule has 7 nitrogen and oxygen atoms in total. The molecule has 1 saturated heterocycles. The van der Waals surface area contributed by atoms with E-state index in [1.54, 1.807) is 6.20 Å². The fourth-order valence-corrected chi connectivity index (χ4v) is 4.37. The highest BCUT2D eigenvalue weighted by Gasteiger charge is 2.24. The van der Waals surface area contributed by atoms with E-state index in [-0.39, 0.29) is 11.8 Å². The molecule has 2 heterocycles. The lowest BCUT2D eigenvalue weighted by molar-refractivity contribution is -0.127. The number of likely N-dealkylation sites (tertiary alicyclic amines) is 1. The van der Waals surface area contributed by atoms with Crippen LogP contribution in [0.15, 0.2) is 42.6 Å². The number of aromatic nitrogens is 2. The Bertz CT molecular complexity index is 1200. The Labute approximate surface area is 193 Å². The van der Waals surface area contributed by atoms with Gasteiger partial charge in [0.05, 0.1) is 6.20 Å². The molecule has 3 aromatic rings. The molecule has 1 aromatic heterocycles. The molecule has 33 heavy (non-hydrogen) atoms. The van der Waals surface area contributed by atoms with E-state index < -0.39 is 0 Å². The maximum atomic E-state index is 12.5. The number of carbonyl (C=O) groups excluding carboxylic acids is 2. The number of carbonyl (C=O) groups is 2. The number of hydrogen-bond donors (Lipinski definition) is 2. The average molecular weight is 444 g/mol. The topological polar surface area (TPSA) is 87.2 Å². The molecule has 0 unspecified atom stereocenters. The highest BCUT2D eigenvalue weighted by atomic mass is 16.2. The minimum Gasteiger partial charge on any atom is -0.368 e. The van der Waals surface area contributed by atoms with E-state index >= 15 is 0 Å². The highest BCUT2D eigenvalue weighted by Crippen LogP contribution is 2.30. The van der Waals surface area contributed by atoms with E-state index in [1.807, 2.05) is 23.1 Å². The smallest absolute Gasteiger partial charge is 0.251 e. The molecule has 7 heteroatoms. The van der Waals surface area contributed by atoms with Gasteiger partial charge in [-0.25, -0.2) is 0 Å². The number of rotatable bonds is 8. The first-order valence-corrected chi connectivity index (χ1v) is 11.8. The van der Waals surface area contributed by atoms with Crippen LogP contribution in [0.2, 0.25) is 0 Å². The average Bonchev–Trinajstić information content (AvgIpc) is 3.55. The minimum absolute atomic E-state index is 0.00692. The molecular weight excluding hydrogens is 414 g/mol. The van der Waals surface area contributed by atoms with Crippen LogP contribution in [-0.2, 0) is 4.79 Å². The van der Waals surface area contributed by atoms with E-state index in [1.165, 1.54) is 0 Å². The van der Waals surface area contributed by atoms with E-state index in [0.29, 0.717) is 18.0 Å². The molecule has 1 saturated carbocycles. The lowest BCUT2D eigenvalue weighted by Crippen LogP contribution is -2.27. The van der Waals surface area contributed by atoms with Crippen molar-refractivity contribution in [2.24, 2.45) is 0 Å². The third-order valence-corrected chi connectivity index (χ3v) is 6.45. The van der Waals surface area contributed by atoms with Gasteiger partial charge in [-0.15, -0.1) is 5.10 Å². The van der Waals surface area contributed by atoms with Gasteiger partial charge in [-0.1, -0.05) is 12.1 Å². The van der Waals surface area contributed by atoms with Crippen molar-refractivity contribution in [3.05, 3.63) is 53.7 Å². The number of nitrogens with one attached hydrogen (secondary N) is 2. The maximum absolute atomic E-state index is 12.5. The fraction of sp³-hybridized carbons (Fsp3) is 0.385. The number of benzene rings is 2. The Kier molecular flexibility index (Phi) is 5.94. The lowest BCUT2D eigenvalue weighted by Gasteiger charge is -2.15. The van der Waals surface area contributed by atoms with Gasteiger partial charge >= 0.3 is 0 Å². The van der Waals surface area contributed by atoms with E-state index in [9.17, 15) is 9.59 Å². The first-order valence-electron chi connectivity index (χ1n) is 11.8. The third-order valence-electron chi connectivity index (χ3n) is 6.45. The summed E-state index contributed by atoms with van der Waals surface area (Å²) in [6.45, 7) is 4.44. The van der Waals surface area contributed by atoms with Crippen LogP contribution in [0, 0.1) is 6.92 Å². The van der Waals surface area contributed by atoms with Crippen molar-refractivity contribution in [2.45, 2.75) is 45.1 Å². The predicted molar refractivity (Wildman–Crippen MR) is 129 cm³/mol. The van der Waals surface area contributed by atoms with Gasteiger partial charge in [-0.2, -0.15) is 5.10 Å². The summed E-state index contributed by atoms with van der Waals surface area (Å²) < 4.78 is 0. The van der Waals surface area contributed by atoms with Gasteiger partial charge in [0.25, 0.3) is 5.91 Å². The zero-order valence-corrected chi connectivity index (χ0v) is 18.9. The summed E-state index contributed by atoms with van der Waals surface area (Å²) in [5.74, 6) is 1.01. The van der Waals surface area contributed by atoms with Gasteiger partial charge in [0.2, 0.25) is 5.91 Å². The Morgan fingerprint density at radius 1 is 1.18 bits per heavy atom. The molecule has 0 spiro atoms. The molecular formula is C26H29N5O2. The number of amides is 2. The molecule has 1 aliphatic heterocycles. The molecule has 2 aliphatic rings. The van der Waals surface area contributed by atoms with Crippen LogP contribution in [-0.4, -0.2) is 52.6 Å². The van der Waals surface area contributed by atoms with Gasteiger partial charge < -0.3 is 15.5 Å². The van der Waals surface area contributed by atoms with Crippen LogP contribution < -0.4 is 10.6 Å². The van der Waals surface area contributed by atoms with Crippen molar-refractivity contribution in [3.8, 4) is 11.1 Å². The molecule has 2 N–H and O–H groups in total. The van der Waals surface area contributed by atoms with E-state index in [0.717, 1.165) is 78.6 Å². The molecule has 0 bridgehead atoms. The highest BCUT2D eigenvalue weighted by molar-refractivity contribution is 5.97. The second-order valence-electron chi connectivity index (χ2n) is 9.04. The summed E-state index contributed by atoms with van der Waals surface area (Å²) in [5.41, 5.74) is 3.90. The van der Waals surface area contributed by atoms with Crippen molar-refractivity contribution in [1.29, 1.82) is 0 Å². The summed E-state index contributed by atoms with van der Waals surface area (Å²) in [4.78, 5) is 26.2.